The molecule has 0 spiro atoms. The van der Waals surface area contributed by atoms with Crippen LogP contribution in [0.15, 0.2) is 54.6 Å². The van der Waals surface area contributed by atoms with Crippen LogP contribution in [-0.4, -0.2) is 4.98 Å². The third-order valence-corrected chi connectivity index (χ3v) is 4.10. The van der Waals surface area contributed by atoms with Crippen molar-refractivity contribution in [3.63, 3.8) is 0 Å². The van der Waals surface area contributed by atoms with Crippen LogP contribution >= 0.6 is 0 Å². The summed E-state index contributed by atoms with van der Waals surface area (Å²) in [4.78, 5) is 3.87. The molecule has 0 saturated heterocycles. The molecule has 0 atom stereocenters. The largest absolute Gasteiger partial charge is 0.433 e. The van der Waals surface area contributed by atoms with Gasteiger partial charge in [-0.25, -0.2) is 4.98 Å². The zero-order valence-electron chi connectivity index (χ0n) is 12.3. The van der Waals surface area contributed by atoms with Crippen molar-refractivity contribution in [2.75, 3.05) is 0 Å². The number of aryl methyl sites for hydroxylation is 1. The number of aromatic nitrogens is 1. The molecule has 23 heavy (non-hydrogen) atoms. The molecular weight excluding hydrogens is 299 g/mol. The maximum Gasteiger partial charge on any atom is 0.433 e. The minimum Gasteiger partial charge on any atom is -0.243 e. The molecule has 0 N–H and O–H groups in total. The van der Waals surface area contributed by atoms with Gasteiger partial charge >= 0.3 is 6.18 Å². The molecule has 0 radical (unpaired) electrons. The van der Waals surface area contributed by atoms with E-state index in [2.05, 4.69) is 4.98 Å². The third-order valence-electron chi connectivity index (χ3n) is 4.10. The van der Waals surface area contributed by atoms with Gasteiger partial charge in [0.05, 0.1) is 5.52 Å². The van der Waals surface area contributed by atoms with Gasteiger partial charge in [-0.1, -0.05) is 54.1 Å². The van der Waals surface area contributed by atoms with Gasteiger partial charge in [-0.2, -0.15) is 13.2 Å². The van der Waals surface area contributed by atoms with E-state index in [1.165, 1.54) is 6.07 Å². The van der Waals surface area contributed by atoms with E-state index in [4.69, 9.17) is 0 Å². The van der Waals surface area contributed by atoms with Crippen molar-refractivity contribution in [2.45, 2.75) is 13.1 Å². The number of fused-ring (bicyclic) bond motifs is 5. The zero-order valence-corrected chi connectivity index (χ0v) is 12.3. The van der Waals surface area contributed by atoms with E-state index in [9.17, 15) is 13.2 Å². The Morgan fingerprint density at radius 2 is 1.57 bits per heavy atom. The fourth-order valence-electron chi connectivity index (χ4n) is 3.12. The normalized spacial score (nSPS) is 12.3. The average Bonchev–Trinajstić information content (AvgIpc) is 2.52. The van der Waals surface area contributed by atoms with E-state index < -0.39 is 11.9 Å². The topological polar surface area (TPSA) is 12.9 Å². The van der Waals surface area contributed by atoms with Gasteiger partial charge in [0.15, 0.2) is 5.69 Å². The number of nitrogens with zero attached hydrogens (tertiary/aromatic N) is 1. The molecule has 0 saturated carbocycles. The van der Waals surface area contributed by atoms with Gasteiger partial charge in [0.25, 0.3) is 0 Å². The first-order valence-electron chi connectivity index (χ1n) is 7.24. The highest BCUT2D eigenvalue weighted by Crippen LogP contribution is 2.39. The van der Waals surface area contributed by atoms with Crippen LogP contribution in [0.3, 0.4) is 0 Å². The average molecular weight is 311 g/mol. The minimum absolute atomic E-state index is 0.146. The van der Waals surface area contributed by atoms with Crippen molar-refractivity contribution >= 4 is 32.4 Å². The van der Waals surface area contributed by atoms with E-state index in [1.807, 2.05) is 37.3 Å². The van der Waals surface area contributed by atoms with Crippen LogP contribution in [-0.2, 0) is 6.18 Å². The van der Waals surface area contributed by atoms with Crippen molar-refractivity contribution in [3.8, 4) is 0 Å². The summed E-state index contributed by atoms with van der Waals surface area (Å²) >= 11 is 0. The number of alkyl halides is 3. The van der Waals surface area contributed by atoms with Gasteiger partial charge in [-0.3, -0.25) is 0 Å². The minimum atomic E-state index is -4.49. The number of hydrogen-bond donors (Lipinski definition) is 0. The van der Waals surface area contributed by atoms with Crippen LogP contribution in [0.4, 0.5) is 13.2 Å². The van der Waals surface area contributed by atoms with Gasteiger partial charge in [0, 0.05) is 16.2 Å². The lowest BCUT2D eigenvalue weighted by atomic mass is 9.96. The monoisotopic (exact) mass is 311 g/mol. The predicted octanol–water partition coefficient (Wildman–Crippen LogP) is 5.87. The summed E-state index contributed by atoms with van der Waals surface area (Å²) in [6, 6.07) is 16.0. The molecule has 0 aliphatic heterocycles. The van der Waals surface area contributed by atoms with E-state index in [0.717, 1.165) is 21.7 Å². The van der Waals surface area contributed by atoms with Crippen molar-refractivity contribution in [3.05, 3.63) is 65.9 Å². The summed E-state index contributed by atoms with van der Waals surface area (Å²) in [6.45, 7) is 1.97. The molecule has 0 amide bonds. The maximum atomic E-state index is 13.4. The van der Waals surface area contributed by atoms with E-state index >= 15 is 0 Å². The highest BCUT2D eigenvalue weighted by Gasteiger charge is 2.35. The smallest absolute Gasteiger partial charge is 0.243 e. The highest BCUT2D eigenvalue weighted by atomic mass is 19.4. The lowest BCUT2D eigenvalue weighted by molar-refractivity contribution is -0.139. The Morgan fingerprint density at radius 1 is 0.826 bits per heavy atom. The van der Waals surface area contributed by atoms with Gasteiger partial charge in [0.2, 0.25) is 0 Å². The van der Waals surface area contributed by atoms with E-state index in [-0.39, 0.29) is 5.39 Å². The van der Waals surface area contributed by atoms with Gasteiger partial charge in [0.1, 0.15) is 0 Å². The van der Waals surface area contributed by atoms with Crippen LogP contribution < -0.4 is 0 Å². The van der Waals surface area contributed by atoms with Gasteiger partial charge in [-0.15, -0.1) is 0 Å². The van der Waals surface area contributed by atoms with Gasteiger partial charge in [-0.05, 0) is 23.8 Å². The van der Waals surface area contributed by atoms with Crippen LogP contribution in [0.5, 0.6) is 0 Å². The Morgan fingerprint density at radius 3 is 2.35 bits per heavy atom. The first kappa shape index (κ1) is 14.0. The van der Waals surface area contributed by atoms with Crippen molar-refractivity contribution in [1.29, 1.82) is 0 Å². The third kappa shape index (κ3) is 2.13. The number of halogens is 3. The molecule has 0 unspecified atom stereocenters. The lowest BCUT2D eigenvalue weighted by Crippen LogP contribution is -2.09. The number of benzene rings is 3. The summed E-state index contributed by atoms with van der Waals surface area (Å²) < 4.78 is 40.3. The second-order valence-electron chi connectivity index (χ2n) is 5.69. The molecule has 4 aromatic rings. The summed E-state index contributed by atoms with van der Waals surface area (Å²) in [6.07, 6.45) is -4.49. The van der Waals surface area contributed by atoms with Crippen molar-refractivity contribution < 1.29 is 13.2 Å². The Labute approximate surface area is 130 Å². The summed E-state index contributed by atoms with van der Waals surface area (Å²) in [5, 5.41) is 3.25. The van der Waals surface area contributed by atoms with Crippen LogP contribution in [0.1, 0.15) is 11.3 Å². The van der Waals surface area contributed by atoms with E-state index in [0.29, 0.717) is 10.9 Å². The van der Waals surface area contributed by atoms with E-state index in [1.54, 1.807) is 18.2 Å². The first-order chi connectivity index (χ1) is 10.9. The SMILES string of the molecule is Cc1ccc2c(ccc3c(C(F)(F)F)nc4ccccc4c32)c1. The standard InChI is InChI=1S/C19H12F3N/c1-11-6-8-13-12(10-11)7-9-15-17(13)14-4-2-3-5-16(14)23-18(15)19(20,21)22/h2-10H,1H3. The predicted molar refractivity (Wildman–Crippen MR) is 86.5 cm³/mol. The molecule has 0 fully saturated rings. The van der Waals surface area contributed by atoms with Crippen LogP contribution in [0, 0.1) is 6.92 Å². The maximum absolute atomic E-state index is 13.4. The number of pyridine rings is 1. The zero-order chi connectivity index (χ0) is 16.2. The summed E-state index contributed by atoms with van der Waals surface area (Å²) in [5.74, 6) is 0. The molecule has 0 aliphatic rings. The number of rotatable bonds is 0. The molecule has 4 rings (SSSR count). The number of hydrogen-bond acceptors (Lipinski definition) is 1. The first-order valence-corrected chi connectivity index (χ1v) is 7.24. The Bertz CT molecular complexity index is 1060. The fraction of sp³-hybridized carbons (Fsp3) is 0.105. The molecule has 1 heterocycles. The second-order valence-corrected chi connectivity index (χ2v) is 5.69. The van der Waals surface area contributed by atoms with Gasteiger partial charge < -0.3 is 0 Å². The lowest BCUT2D eigenvalue weighted by Gasteiger charge is -2.14. The summed E-state index contributed by atoms with van der Waals surface area (Å²) in [5.41, 5.74) is 0.611. The fourth-order valence-corrected chi connectivity index (χ4v) is 3.12. The molecule has 1 aromatic heterocycles. The second kappa shape index (κ2) is 4.69. The molecule has 114 valence electrons. The van der Waals surface area contributed by atoms with Crippen molar-refractivity contribution in [2.24, 2.45) is 0 Å². The molecule has 4 heteroatoms. The van der Waals surface area contributed by atoms with Crippen LogP contribution in [0.2, 0.25) is 0 Å². The Hall–Kier alpha value is -2.62. The molecular formula is C19H12F3N. The highest BCUT2D eigenvalue weighted by molar-refractivity contribution is 6.20. The number of para-hydroxylation sites is 1. The van der Waals surface area contributed by atoms with Crippen molar-refractivity contribution in [1.82, 2.24) is 4.98 Å². The molecule has 3 aromatic carbocycles. The quantitative estimate of drug-likeness (QED) is 0.370. The molecule has 1 nitrogen and oxygen atoms in total. The Kier molecular flexibility index (Phi) is 2.85. The van der Waals surface area contributed by atoms with Crippen LogP contribution in [0.25, 0.3) is 32.4 Å². The molecule has 0 bridgehead atoms. The summed E-state index contributed by atoms with van der Waals surface area (Å²) in [7, 11) is 0. The Balaban J connectivity index is 2.32. The molecule has 0 aliphatic carbocycles.